The lowest BCUT2D eigenvalue weighted by Gasteiger charge is -2.09. The number of ether oxygens (including phenoxy) is 2. The molecule has 0 bridgehead atoms. The fourth-order valence-corrected chi connectivity index (χ4v) is 3.28. The first-order chi connectivity index (χ1) is 12.9. The number of esters is 2. The van der Waals surface area contributed by atoms with E-state index in [9.17, 15) is 9.59 Å². The van der Waals surface area contributed by atoms with E-state index in [4.69, 9.17) is 13.9 Å². The van der Waals surface area contributed by atoms with E-state index in [-0.39, 0.29) is 18.2 Å². The first kappa shape index (κ1) is 18.8. The van der Waals surface area contributed by atoms with Crippen LogP contribution in [0.2, 0.25) is 0 Å². The molecule has 142 valence electrons. The fourth-order valence-electron chi connectivity index (χ4n) is 2.63. The van der Waals surface area contributed by atoms with Gasteiger partial charge < -0.3 is 18.9 Å². The van der Waals surface area contributed by atoms with Gasteiger partial charge in [-0.3, -0.25) is 0 Å². The second-order valence-corrected chi connectivity index (χ2v) is 6.76. The third kappa shape index (κ3) is 3.77. The molecule has 0 aromatic carbocycles. The Morgan fingerprint density at radius 1 is 1.30 bits per heavy atom. The summed E-state index contributed by atoms with van der Waals surface area (Å²) in [6.07, 6.45) is -0.743. The van der Waals surface area contributed by atoms with Crippen molar-refractivity contribution in [2.45, 2.75) is 33.8 Å². The number of carbonyl (C=O) groups is 2. The van der Waals surface area contributed by atoms with Gasteiger partial charge in [0, 0.05) is 5.69 Å². The standard InChI is InChI=1S/C18H19N3O5S/c1-5-24-17(22)13-9(2)14(19-10(13)3)18(23)25-11(4)15-20-21-16(26-15)12-7-6-8-27-12/h6-8,11,19H,5H2,1-4H3/t11-/m0/s1. The van der Waals surface area contributed by atoms with Gasteiger partial charge in [-0.15, -0.1) is 21.5 Å². The summed E-state index contributed by atoms with van der Waals surface area (Å²) in [5.41, 5.74) is 1.56. The lowest BCUT2D eigenvalue weighted by atomic mass is 10.1. The van der Waals surface area contributed by atoms with E-state index in [1.165, 1.54) is 11.3 Å². The molecule has 8 nitrogen and oxygen atoms in total. The summed E-state index contributed by atoms with van der Waals surface area (Å²) in [6, 6.07) is 3.74. The van der Waals surface area contributed by atoms with Gasteiger partial charge in [0.15, 0.2) is 6.10 Å². The molecule has 9 heteroatoms. The van der Waals surface area contributed by atoms with Crippen molar-refractivity contribution in [1.29, 1.82) is 0 Å². The lowest BCUT2D eigenvalue weighted by Crippen LogP contribution is -2.12. The summed E-state index contributed by atoms with van der Waals surface area (Å²) in [6.45, 7) is 6.98. The monoisotopic (exact) mass is 389 g/mol. The van der Waals surface area contributed by atoms with Crippen molar-refractivity contribution in [3.05, 3.63) is 45.9 Å². The van der Waals surface area contributed by atoms with Gasteiger partial charge in [0.1, 0.15) is 5.69 Å². The molecule has 0 aliphatic carbocycles. The van der Waals surface area contributed by atoms with Crippen LogP contribution in [-0.4, -0.2) is 33.7 Å². The average Bonchev–Trinajstić information content (AvgIpc) is 3.34. The van der Waals surface area contributed by atoms with Gasteiger partial charge in [0.05, 0.1) is 17.0 Å². The number of hydrogen-bond donors (Lipinski definition) is 1. The quantitative estimate of drug-likeness (QED) is 0.638. The summed E-state index contributed by atoms with van der Waals surface area (Å²) in [5, 5.41) is 9.82. The van der Waals surface area contributed by atoms with Crippen molar-refractivity contribution in [3.8, 4) is 10.8 Å². The number of aromatic amines is 1. The van der Waals surface area contributed by atoms with E-state index in [1.54, 1.807) is 27.7 Å². The van der Waals surface area contributed by atoms with Crippen LogP contribution in [0.5, 0.6) is 0 Å². The summed E-state index contributed by atoms with van der Waals surface area (Å²) in [7, 11) is 0. The lowest BCUT2D eigenvalue weighted by molar-refractivity contribution is 0.0272. The van der Waals surface area contributed by atoms with Crippen molar-refractivity contribution in [2.75, 3.05) is 6.61 Å². The SMILES string of the molecule is CCOC(=O)c1c(C)[nH]c(C(=O)O[C@@H](C)c2nnc(-c3cccs3)o2)c1C. The Hall–Kier alpha value is -2.94. The molecule has 0 saturated heterocycles. The van der Waals surface area contributed by atoms with Gasteiger partial charge >= 0.3 is 11.9 Å². The molecular formula is C18H19N3O5S. The molecule has 3 heterocycles. The highest BCUT2D eigenvalue weighted by Crippen LogP contribution is 2.27. The Morgan fingerprint density at radius 2 is 2.07 bits per heavy atom. The van der Waals surface area contributed by atoms with E-state index < -0.39 is 18.0 Å². The van der Waals surface area contributed by atoms with Crippen LogP contribution in [0.25, 0.3) is 10.8 Å². The average molecular weight is 389 g/mol. The number of nitrogens with one attached hydrogen (secondary N) is 1. The zero-order valence-electron chi connectivity index (χ0n) is 15.4. The highest BCUT2D eigenvalue weighted by atomic mass is 32.1. The van der Waals surface area contributed by atoms with Crippen molar-refractivity contribution in [3.63, 3.8) is 0 Å². The highest BCUT2D eigenvalue weighted by Gasteiger charge is 2.26. The molecule has 0 spiro atoms. The maximum atomic E-state index is 12.5. The Labute approximate surface area is 159 Å². The Morgan fingerprint density at radius 3 is 2.74 bits per heavy atom. The van der Waals surface area contributed by atoms with Crippen molar-refractivity contribution >= 4 is 23.3 Å². The smallest absolute Gasteiger partial charge is 0.355 e. The molecule has 0 aliphatic rings. The van der Waals surface area contributed by atoms with Crippen LogP contribution in [0.1, 0.15) is 57.9 Å². The minimum Gasteiger partial charge on any atom is -0.462 e. The third-order valence-electron chi connectivity index (χ3n) is 3.93. The number of carbonyl (C=O) groups excluding carboxylic acids is 2. The Balaban J connectivity index is 1.75. The topological polar surface area (TPSA) is 107 Å². The van der Waals surface area contributed by atoms with Gasteiger partial charge in [-0.25, -0.2) is 9.59 Å². The molecule has 0 amide bonds. The molecule has 0 unspecified atom stereocenters. The number of aromatic nitrogens is 3. The number of H-pyrrole nitrogens is 1. The van der Waals surface area contributed by atoms with Crippen molar-refractivity contribution in [2.24, 2.45) is 0 Å². The molecule has 0 aliphatic heterocycles. The molecule has 3 rings (SSSR count). The van der Waals surface area contributed by atoms with Gasteiger partial charge in [0.2, 0.25) is 0 Å². The van der Waals surface area contributed by atoms with Gasteiger partial charge in [-0.1, -0.05) is 6.07 Å². The largest absolute Gasteiger partial charge is 0.462 e. The van der Waals surface area contributed by atoms with Crippen LogP contribution in [0.4, 0.5) is 0 Å². The molecule has 0 saturated carbocycles. The summed E-state index contributed by atoms with van der Waals surface area (Å²) in [4.78, 5) is 28.3. The minimum absolute atomic E-state index is 0.193. The van der Waals surface area contributed by atoms with E-state index in [0.29, 0.717) is 22.7 Å². The maximum Gasteiger partial charge on any atom is 0.355 e. The number of nitrogens with zero attached hydrogens (tertiary/aromatic N) is 2. The van der Waals surface area contributed by atoms with E-state index in [0.717, 1.165) is 4.88 Å². The van der Waals surface area contributed by atoms with Crippen molar-refractivity contribution in [1.82, 2.24) is 15.2 Å². The third-order valence-corrected chi connectivity index (χ3v) is 4.78. The number of thiophene rings is 1. The second kappa shape index (κ2) is 7.75. The normalized spacial score (nSPS) is 12.0. The zero-order chi connectivity index (χ0) is 19.6. The predicted octanol–water partition coefficient (Wildman–Crippen LogP) is 3.84. The van der Waals surface area contributed by atoms with Crippen LogP contribution in [0, 0.1) is 13.8 Å². The Kier molecular flexibility index (Phi) is 5.41. The van der Waals surface area contributed by atoms with E-state index in [2.05, 4.69) is 15.2 Å². The van der Waals surface area contributed by atoms with Crippen molar-refractivity contribution < 1.29 is 23.5 Å². The molecule has 0 fully saturated rings. The number of aryl methyl sites for hydroxylation is 1. The van der Waals surface area contributed by atoms with Gasteiger partial charge in [-0.05, 0) is 44.7 Å². The highest BCUT2D eigenvalue weighted by molar-refractivity contribution is 7.13. The second-order valence-electron chi connectivity index (χ2n) is 5.82. The zero-order valence-corrected chi connectivity index (χ0v) is 16.2. The van der Waals surface area contributed by atoms with Crippen LogP contribution in [-0.2, 0) is 9.47 Å². The van der Waals surface area contributed by atoms with Gasteiger partial charge in [0.25, 0.3) is 11.8 Å². The predicted molar refractivity (Wildman–Crippen MR) is 97.7 cm³/mol. The summed E-state index contributed by atoms with van der Waals surface area (Å²) in [5.74, 6) is -0.527. The summed E-state index contributed by atoms with van der Waals surface area (Å²) < 4.78 is 16.0. The van der Waals surface area contributed by atoms with Crippen LogP contribution < -0.4 is 0 Å². The fraction of sp³-hybridized carbons (Fsp3) is 0.333. The van der Waals surface area contributed by atoms with E-state index in [1.807, 2.05) is 17.5 Å². The number of rotatable bonds is 6. The number of hydrogen-bond acceptors (Lipinski definition) is 8. The molecule has 1 atom stereocenters. The molecule has 27 heavy (non-hydrogen) atoms. The first-order valence-electron chi connectivity index (χ1n) is 8.36. The molecular weight excluding hydrogens is 370 g/mol. The molecule has 3 aromatic heterocycles. The molecule has 3 aromatic rings. The molecule has 1 N–H and O–H groups in total. The molecule has 0 radical (unpaired) electrons. The summed E-state index contributed by atoms with van der Waals surface area (Å²) >= 11 is 1.47. The van der Waals surface area contributed by atoms with Crippen LogP contribution in [0.15, 0.2) is 21.9 Å². The van der Waals surface area contributed by atoms with Gasteiger partial charge in [-0.2, -0.15) is 0 Å². The minimum atomic E-state index is -0.743. The maximum absolute atomic E-state index is 12.5. The Bertz CT molecular complexity index is 958. The first-order valence-corrected chi connectivity index (χ1v) is 9.24. The van der Waals surface area contributed by atoms with Crippen LogP contribution >= 0.6 is 11.3 Å². The van der Waals surface area contributed by atoms with Crippen LogP contribution in [0.3, 0.4) is 0 Å². The van der Waals surface area contributed by atoms with E-state index >= 15 is 0 Å².